The fraction of sp³-hybridized carbons (Fsp3) is 0.364. The maximum atomic E-state index is 15.3. The normalized spacial score (nSPS) is 11.1. The second-order valence-electron chi connectivity index (χ2n) is 9.88. The Bertz CT molecular complexity index is 1210. The number of halogens is 1. The first-order valence-corrected chi connectivity index (χ1v) is 13.4. The summed E-state index contributed by atoms with van der Waals surface area (Å²) in [4.78, 5) is 11.5. The largest absolute Gasteiger partial charge is 0.462 e. The van der Waals surface area contributed by atoms with Gasteiger partial charge in [0, 0.05) is 30.3 Å². The SMILES string of the molecule is C=C(C)C(=O)OCCCc1ccc(-c2ccc(-c3ccc(CCCC(CO)CO)cc3CC)c(F)c2)cc1. The van der Waals surface area contributed by atoms with Crippen molar-refractivity contribution in [1.29, 1.82) is 0 Å². The van der Waals surface area contributed by atoms with Crippen LogP contribution in [-0.4, -0.2) is 36.0 Å². The molecule has 0 unspecified atom stereocenters. The van der Waals surface area contributed by atoms with E-state index in [0.29, 0.717) is 17.7 Å². The van der Waals surface area contributed by atoms with Gasteiger partial charge in [0.1, 0.15) is 5.82 Å². The molecule has 0 bridgehead atoms. The fourth-order valence-corrected chi connectivity index (χ4v) is 4.53. The van der Waals surface area contributed by atoms with Crippen molar-refractivity contribution in [2.24, 2.45) is 5.92 Å². The van der Waals surface area contributed by atoms with E-state index in [0.717, 1.165) is 66.3 Å². The molecule has 0 radical (unpaired) electrons. The molecule has 3 aromatic rings. The smallest absolute Gasteiger partial charge is 0.333 e. The average Bonchev–Trinajstić information content (AvgIpc) is 2.93. The number of benzene rings is 3. The van der Waals surface area contributed by atoms with Crippen molar-refractivity contribution in [3.8, 4) is 22.3 Å². The van der Waals surface area contributed by atoms with Gasteiger partial charge in [0.25, 0.3) is 0 Å². The lowest BCUT2D eigenvalue weighted by molar-refractivity contribution is -0.139. The Morgan fingerprint density at radius 3 is 2.16 bits per heavy atom. The van der Waals surface area contributed by atoms with Gasteiger partial charge in [-0.15, -0.1) is 0 Å². The molecule has 0 heterocycles. The summed E-state index contributed by atoms with van der Waals surface area (Å²) in [6.45, 7) is 7.65. The standard InChI is InChI=1S/C33H39FO4/c1-4-27-19-25(7-5-8-26(21-35)22-36)12-16-30(27)31-17-15-29(20-32(31)34)28-13-10-24(11-14-28)9-6-18-38-33(37)23(2)3/h10-17,19-20,26,35-36H,2,4-9,18,21-22H2,1,3H3. The predicted molar refractivity (Wildman–Crippen MR) is 151 cm³/mol. The van der Waals surface area contributed by atoms with Crippen molar-refractivity contribution >= 4 is 5.97 Å². The summed E-state index contributed by atoms with van der Waals surface area (Å²) in [6.07, 6.45) is 4.84. The number of rotatable bonds is 14. The molecule has 38 heavy (non-hydrogen) atoms. The number of carbonyl (C=O) groups is 1. The van der Waals surface area contributed by atoms with E-state index in [4.69, 9.17) is 4.74 Å². The van der Waals surface area contributed by atoms with E-state index in [9.17, 15) is 15.0 Å². The number of carbonyl (C=O) groups excluding carboxylic acids is 1. The van der Waals surface area contributed by atoms with Gasteiger partial charge in [0.15, 0.2) is 0 Å². The summed E-state index contributed by atoms with van der Waals surface area (Å²) in [5.74, 6) is -0.678. The van der Waals surface area contributed by atoms with Crippen molar-refractivity contribution in [3.05, 3.63) is 95.3 Å². The van der Waals surface area contributed by atoms with Gasteiger partial charge in [-0.1, -0.05) is 68.1 Å². The first-order chi connectivity index (χ1) is 18.4. The highest BCUT2D eigenvalue weighted by molar-refractivity contribution is 5.86. The first-order valence-electron chi connectivity index (χ1n) is 13.4. The Morgan fingerprint density at radius 2 is 1.53 bits per heavy atom. The summed E-state index contributed by atoms with van der Waals surface area (Å²) >= 11 is 0. The van der Waals surface area contributed by atoms with Gasteiger partial charge in [0.2, 0.25) is 0 Å². The second kappa shape index (κ2) is 14.6. The molecule has 0 aliphatic heterocycles. The first kappa shape index (κ1) is 29.3. The van der Waals surface area contributed by atoms with Gasteiger partial charge in [-0.25, -0.2) is 9.18 Å². The number of aryl methyl sites for hydroxylation is 3. The van der Waals surface area contributed by atoms with E-state index in [1.54, 1.807) is 13.0 Å². The lowest BCUT2D eigenvalue weighted by Gasteiger charge is -2.14. The van der Waals surface area contributed by atoms with Crippen LogP contribution < -0.4 is 0 Å². The van der Waals surface area contributed by atoms with Crippen molar-refractivity contribution in [2.75, 3.05) is 19.8 Å². The number of hydrogen-bond donors (Lipinski definition) is 2. The molecule has 3 rings (SSSR count). The van der Waals surface area contributed by atoms with Crippen LogP contribution in [0.15, 0.2) is 72.8 Å². The quantitative estimate of drug-likeness (QED) is 0.142. The zero-order valence-corrected chi connectivity index (χ0v) is 22.5. The molecule has 4 nitrogen and oxygen atoms in total. The molecule has 2 N–H and O–H groups in total. The number of aliphatic hydroxyl groups excluding tert-OH is 2. The van der Waals surface area contributed by atoms with Crippen LogP contribution in [0.25, 0.3) is 22.3 Å². The van der Waals surface area contributed by atoms with E-state index in [1.807, 2.05) is 48.5 Å². The molecule has 0 aliphatic carbocycles. The molecule has 202 valence electrons. The molecule has 0 aliphatic rings. The molecule has 0 atom stereocenters. The van der Waals surface area contributed by atoms with E-state index >= 15 is 4.39 Å². The highest BCUT2D eigenvalue weighted by atomic mass is 19.1. The summed E-state index contributed by atoms with van der Waals surface area (Å²) in [5, 5.41) is 18.5. The van der Waals surface area contributed by atoms with Crippen molar-refractivity contribution in [2.45, 2.75) is 52.4 Å². The van der Waals surface area contributed by atoms with Crippen LogP contribution >= 0.6 is 0 Å². The Kier molecular flexibility index (Phi) is 11.3. The van der Waals surface area contributed by atoms with Crippen molar-refractivity contribution in [3.63, 3.8) is 0 Å². The summed E-state index contributed by atoms with van der Waals surface area (Å²) in [6, 6.07) is 19.7. The molecular weight excluding hydrogens is 479 g/mol. The lowest BCUT2D eigenvalue weighted by Crippen LogP contribution is -2.11. The van der Waals surface area contributed by atoms with Gasteiger partial charge < -0.3 is 14.9 Å². The van der Waals surface area contributed by atoms with Crippen LogP contribution in [0.1, 0.15) is 49.8 Å². The summed E-state index contributed by atoms with van der Waals surface area (Å²) < 4.78 is 20.5. The Labute approximate surface area is 225 Å². The van der Waals surface area contributed by atoms with Crippen LogP contribution in [0.2, 0.25) is 0 Å². The van der Waals surface area contributed by atoms with Gasteiger partial charge in [-0.05, 0) is 84.9 Å². The summed E-state index contributed by atoms with van der Waals surface area (Å²) in [7, 11) is 0. The van der Waals surface area contributed by atoms with Crippen LogP contribution in [0.5, 0.6) is 0 Å². The molecule has 0 saturated carbocycles. The minimum atomic E-state index is -0.362. The monoisotopic (exact) mass is 518 g/mol. The second-order valence-corrected chi connectivity index (χ2v) is 9.88. The number of hydrogen-bond acceptors (Lipinski definition) is 4. The minimum Gasteiger partial charge on any atom is -0.462 e. The molecule has 5 heteroatoms. The third-order valence-electron chi connectivity index (χ3n) is 6.88. The lowest BCUT2D eigenvalue weighted by atomic mass is 9.92. The highest BCUT2D eigenvalue weighted by Gasteiger charge is 2.12. The Hall–Kier alpha value is -3.28. The average molecular weight is 519 g/mol. The molecule has 0 saturated heterocycles. The summed E-state index contributed by atoms with van der Waals surface area (Å²) in [5.41, 5.74) is 7.10. The van der Waals surface area contributed by atoms with E-state index in [1.165, 1.54) is 5.56 Å². The molecule has 0 spiro atoms. The Morgan fingerprint density at radius 1 is 0.895 bits per heavy atom. The molecule has 0 amide bonds. The highest BCUT2D eigenvalue weighted by Crippen LogP contribution is 2.31. The van der Waals surface area contributed by atoms with Crippen molar-refractivity contribution < 1.29 is 24.1 Å². The zero-order chi connectivity index (χ0) is 27.5. The van der Waals surface area contributed by atoms with Gasteiger partial charge in [-0.3, -0.25) is 0 Å². The maximum absolute atomic E-state index is 15.3. The molecule has 0 aromatic heterocycles. The Balaban J connectivity index is 1.65. The zero-order valence-electron chi connectivity index (χ0n) is 22.5. The number of ether oxygens (including phenoxy) is 1. The van der Waals surface area contributed by atoms with E-state index in [-0.39, 0.29) is 30.9 Å². The van der Waals surface area contributed by atoms with Crippen LogP contribution in [0.4, 0.5) is 4.39 Å². The third-order valence-corrected chi connectivity index (χ3v) is 6.88. The fourth-order valence-electron chi connectivity index (χ4n) is 4.53. The van der Waals surface area contributed by atoms with Crippen LogP contribution in [0.3, 0.4) is 0 Å². The van der Waals surface area contributed by atoms with Crippen molar-refractivity contribution in [1.82, 2.24) is 0 Å². The molecule has 0 fully saturated rings. The number of esters is 1. The minimum absolute atomic E-state index is 0.00382. The topological polar surface area (TPSA) is 66.8 Å². The predicted octanol–water partition coefficient (Wildman–Crippen LogP) is 6.70. The van der Waals surface area contributed by atoms with Gasteiger partial charge in [0.05, 0.1) is 6.61 Å². The van der Waals surface area contributed by atoms with Crippen LogP contribution in [0, 0.1) is 11.7 Å². The molecule has 3 aromatic carbocycles. The van der Waals surface area contributed by atoms with E-state index in [2.05, 4.69) is 19.6 Å². The third kappa shape index (κ3) is 8.11. The van der Waals surface area contributed by atoms with Crippen LogP contribution in [-0.2, 0) is 28.8 Å². The molecular formula is C33H39FO4. The van der Waals surface area contributed by atoms with E-state index < -0.39 is 0 Å². The number of aliphatic hydroxyl groups is 2. The maximum Gasteiger partial charge on any atom is 0.333 e. The van der Waals surface area contributed by atoms with Gasteiger partial charge in [-0.2, -0.15) is 0 Å². The van der Waals surface area contributed by atoms with Gasteiger partial charge >= 0.3 is 5.97 Å².